The summed E-state index contributed by atoms with van der Waals surface area (Å²) >= 11 is 0. The molecule has 0 fully saturated rings. The van der Waals surface area contributed by atoms with Gasteiger partial charge in [-0.05, 0) is 19.1 Å². The number of rotatable bonds is 3. The minimum absolute atomic E-state index is 0.169. The van der Waals surface area contributed by atoms with Crippen LogP contribution in [0.3, 0.4) is 0 Å². The molecular formula is C9H10N2O2S. The Morgan fingerprint density at radius 1 is 1.36 bits per heavy atom. The van der Waals surface area contributed by atoms with Crippen molar-refractivity contribution in [2.24, 2.45) is 0 Å². The molecule has 1 rings (SSSR count). The zero-order valence-corrected chi connectivity index (χ0v) is 8.45. The van der Waals surface area contributed by atoms with Crippen LogP contribution in [0.2, 0.25) is 0 Å². The van der Waals surface area contributed by atoms with Gasteiger partial charge in [-0.3, -0.25) is 0 Å². The summed E-state index contributed by atoms with van der Waals surface area (Å²) in [6, 6.07) is 9.03. The van der Waals surface area contributed by atoms with Crippen LogP contribution in [0.1, 0.15) is 6.92 Å². The van der Waals surface area contributed by atoms with E-state index in [-0.39, 0.29) is 4.90 Å². The molecule has 4 nitrogen and oxygen atoms in total. The molecule has 0 radical (unpaired) electrons. The number of nitrogens with one attached hydrogen (secondary N) is 1. The number of hydrogen-bond acceptors (Lipinski definition) is 3. The van der Waals surface area contributed by atoms with Gasteiger partial charge in [-0.2, -0.15) is 9.98 Å². The highest BCUT2D eigenvalue weighted by Gasteiger charge is 2.15. The third-order valence-electron chi connectivity index (χ3n) is 1.58. The Morgan fingerprint density at radius 3 is 2.43 bits per heavy atom. The molecule has 0 aliphatic rings. The van der Waals surface area contributed by atoms with E-state index < -0.39 is 16.1 Å². The van der Waals surface area contributed by atoms with Crippen LogP contribution in [0.25, 0.3) is 0 Å². The van der Waals surface area contributed by atoms with Crippen LogP contribution in [0, 0.1) is 11.3 Å². The van der Waals surface area contributed by atoms with Gasteiger partial charge >= 0.3 is 0 Å². The number of nitrogens with zero attached hydrogens (tertiary/aromatic N) is 1. The SMILES string of the molecule is CC(C#N)NS(=O)(=O)c1ccccc1. The van der Waals surface area contributed by atoms with Gasteiger partial charge < -0.3 is 0 Å². The molecule has 0 spiro atoms. The molecule has 1 N–H and O–H groups in total. The minimum Gasteiger partial charge on any atom is -0.207 e. The fourth-order valence-electron chi connectivity index (χ4n) is 0.927. The Morgan fingerprint density at radius 2 is 1.93 bits per heavy atom. The molecule has 5 heteroatoms. The molecule has 0 aliphatic carbocycles. The summed E-state index contributed by atoms with van der Waals surface area (Å²) in [6.07, 6.45) is 0. The molecule has 14 heavy (non-hydrogen) atoms. The average molecular weight is 210 g/mol. The Balaban J connectivity index is 2.94. The summed E-state index contributed by atoms with van der Waals surface area (Å²) in [4.78, 5) is 0.169. The van der Waals surface area contributed by atoms with Gasteiger partial charge in [0.1, 0.15) is 6.04 Å². The van der Waals surface area contributed by atoms with E-state index in [9.17, 15) is 8.42 Å². The lowest BCUT2D eigenvalue weighted by atomic mass is 10.4. The van der Waals surface area contributed by atoms with Crippen molar-refractivity contribution in [2.45, 2.75) is 17.9 Å². The van der Waals surface area contributed by atoms with E-state index in [1.807, 2.05) is 0 Å². The van der Waals surface area contributed by atoms with E-state index in [1.54, 1.807) is 24.3 Å². The van der Waals surface area contributed by atoms with E-state index >= 15 is 0 Å². The molecule has 0 saturated carbocycles. The number of hydrogen-bond donors (Lipinski definition) is 1. The highest BCUT2D eigenvalue weighted by atomic mass is 32.2. The second-order valence-electron chi connectivity index (χ2n) is 2.79. The number of sulfonamides is 1. The van der Waals surface area contributed by atoms with Gasteiger partial charge in [0.2, 0.25) is 10.0 Å². The first-order valence-electron chi connectivity index (χ1n) is 4.03. The molecule has 0 saturated heterocycles. The van der Waals surface area contributed by atoms with Gasteiger partial charge in [-0.15, -0.1) is 0 Å². The quantitative estimate of drug-likeness (QED) is 0.805. The molecule has 1 unspecified atom stereocenters. The topological polar surface area (TPSA) is 70.0 Å². The van der Waals surface area contributed by atoms with Crippen molar-refractivity contribution < 1.29 is 8.42 Å². The minimum atomic E-state index is -3.54. The van der Waals surface area contributed by atoms with Crippen LogP contribution in [-0.2, 0) is 10.0 Å². The van der Waals surface area contributed by atoms with Gasteiger partial charge in [0.05, 0.1) is 11.0 Å². The van der Waals surface area contributed by atoms with Crippen LogP contribution >= 0.6 is 0 Å². The molecule has 1 atom stereocenters. The van der Waals surface area contributed by atoms with Crippen molar-refractivity contribution >= 4 is 10.0 Å². The molecule has 1 aromatic rings. The highest BCUT2D eigenvalue weighted by molar-refractivity contribution is 7.89. The molecule has 0 bridgehead atoms. The van der Waals surface area contributed by atoms with Gasteiger partial charge in [0.25, 0.3) is 0 Å². The van der Waals surface area contributed by atoms with Gasteiger partial charge in [-0.25, -0.2) is 8.42 Å². The molecule has 0 amide bonds. The Kier molecular flexibility index (Phi) is 3.23. The number of nitriles is 1. The monoisotopic (exact) mass is 210 g/mol. The number of benzene rings is 1. The van der Waals surface area contributed by atoms with Crippen molar-refractivity contribution in [3.8, 4) is 6.07 Å². The van der Waals surface area contributed by atoms with Gasteiger partial charge in [0, 0.05) is 0 Å². The maximum absolute atomic E-state index is 11.5. The summed E-state index contributed by atoms with van der Waals surface area (Å²) in [6.45, 7) is 1.49. The van der Waals surface area contributed by atoms with Crippen LogP contribution in [0.5, 0.6) is 0 Å². The molecular weight excluding hydrogens is 200 g/mol. The second-order valence-corrected chi connectivity index (χ2v) is 4.50. The third-order valence-corrected chi connectivity index (χ3v) is 3.14. The van der Waals surface area contributed by atoms with Crippen LogP contribution in [0.15, 0.2) is 35.2 Å². The standard InChI is InChI=1S/C9H10N2O2S/c1-8(7-10)11-14(12,13)9-5-3-2-4-6-9/h2-6,8,11H,1H3. The Bertz CT molecular complexity index is 434. The molecule has 1 aromatic carbocycles. The largest absolute Gasteiger partial charge is 0.241 e. The lowest BCUT2D eigenvalue weighted by molar-refractivity contribution is 0.577. The third kappa shape index (κ3) is 2.55. The van der Waals surface area contributed by atoms with E-state index in [1.165, 1.54) is 19.1 Å². The van der Waals surface area contributed by atoms with Crippen molar-refractivity contribution in [3.05, 3.63) is 30.3 Å². The van der Waals surface area contributed by atoms with Crippen molar-refractivity contribution in [1.82, 2.24) is 4.72 Å². The van der Waals surface area contributed by atoms with Crippen molar-refractivity contribution in [2.75, 3.05) is 0 Å². The first-order valence-corrected chi connectivity index (χ1v) is 5.51. The summed E-state index contributed by atoms with van der Waals surface area (Å²) in [7, 11) is -3.54. The molecule has 74 valence electrons. The summed E-state index contributed by atoms with van der Waals surface area (Å²) in [5.74, 6) is 0. The average Bonchev–Trinajstić information content (AvgIpc) is 2.18. The highest BCUT2D eigenvalue weighted by Crippen LogP contribution is 2.07. The first-order chi connectivity index (χ1) is 6.56. The maximum Gasteiger partial charge on any atom is 0.241 e. The fraction of sp³-hybridized carbons (Fsp3) is 0.222. The van der Waals surface area contributed by atoms with E-state index in [0.29, 0.717) is 0 Å². The van der Waals surface area contributed by atoms with Gasteiger partial charge in [0.15, 0.2) is 0 Å². The first kappa shape index (κ1) is 10.7. The van der Waals surface area contributed by atoms with E-state index in [4.69, 9.17) is 5.26 Å². The lowest BCUT2D eigenvalue weighted by Gasteiger charge is -2.06. The van der Waals surface area contributed by atoms with Crippen molar-refractivity contribution in [1.29, 1.82) is 5.26 Å². The predicted octanol–water partition coefficient (Wildman–Crippen LogP) is 0.877. The van der Waals surface area contributed by atoms with E-state index in [0.717, 1.165) is 0 Å². The summed E-state index contributed by atoms with van der Waals surface area (Å²) in [5, 5.41) is 8.47. The molecule has 0 heterocycles. The molecule has 0 aromatic heterocycles. The lowest BCUT2D eigenvalue weighted by Crippen LogP contribution is -2.31. The van der Waals surface area contributed by atoms with E-state index in [2.05, 4.69) is 4.72 Å². The normalized spacial score (nSPS) is 13.1. The second kappa shape index (κ2) is 4.22. The fourth-order valence-corrected chi connectivity index (χ4v) is 2.10. The van der Waals surface area contributed by atoms with Crippen molar-refractivity contribution in [3.63, 3.8) is 0 Å². The van der Waals surface area contributed by atoms with Gasteiger partial charge in [-0.1, -0.05) is 18.2 Å². The zero-order chi connectivity index (χ0) is 10.6. The predicted molar refractivity (Wildman–Crippen MR) is 51.8 cm³/mol. The summed E-state index contributed by atoms with van der Waals surface area (Å²) < 4.78 is 25.3. The smallest absolute Gasteiger partial charge is 0.207 e. The van der Waals surface area contributed by atoms with Crippen LogP contribution < -0.4 is 4.72 Å². The molecule has 0 aliphatic heterocycles. The Labute approximate surface area is 83.2 Å². The zero-order valence-electron chi connectivity index (χ0n) is 7.64. The summed E-state index contributed by atoms with van der Waals surface area (Å²) in [5.41, 5.74) is 0. The Hall–Kier alpha value is -1.38. The van der Waals surface area contributed by atoms with Crippen LogP contribution in [0.4, 0.5) is 0 Å². The maximum atomic E-state index is 11.5. The van der Waals surface area contributed by atoms with Crippen LogP contribution in [-0.4, -0.2) is 14.5 Å².